The predicted molar refractivity (Wildman–Crippen MR) is 107 cm³/mol. The number of likely N-dealkylation sites (N-methyl/N-ethyl adjacent to an activating group) is 1. The van der Waals surface area contributed by atoms with E-state index in [1.54, 1.807) is 25.3 Å². The molecule has 1 aliphatic rings. The van der Waals surface area contributed by atoms with Gasteiger partial charge in [-0.2, -0.15) is 5.10 Å². The lowest BCUT2D eigenvalue weighted by Gasteiger charge is -2.27. The molecule has 3 aromatic rings. The van der Waals surface area contributed by atoms with Crippen LogP contribution in [0.4, 0.5) is 0 Å². The van der Waals surface area contributed by atoms with Gasteiger partial charge in [0.2, 0.25) is 0 Å². The summed E-state index contributed by atoms with van der Waals surface area (Å²) in [6.45, 7) is 0.381. The normalized spacial score (nSPS) is 14.6. The Morgan fingerprint density at radius 2 is 2.14 bits per heavy atom. The Balaban J connectivity index is 1.61. The highest BCUT2D eigenvalue weighted by atomic mass is 16.5. The van der Waals surface area contributed by atoms with Gasteiger partial charge in [0.05, 0.1) is 24.5 Å². The number of aromatic nitrogens is 3. The highest BCUT2D eigenvalue weighted by molar-refractivity contribution is 5.95. The van der Waals surface area contributed by atoms with Gasteiger partial charge in [-0.15, -0.1) is 0 Å². The third-order valence-electron chi connectivity index (χ3n) is 5.22. The van der Waals surface area contributed by atoms with Crippen molar-refractivity contribution in [3.8, 4) is 11.1 Å². The van der Waals surface area contributed by atoms with Crippen LogP contribution in [0.15, 0.2) is 54.9 Å². The van der Waals surface area contributed by atoms with Gasteiger partial charge in [-0.25, -0.2) is 0 Å². The fourth-order valence-corrected chi connectivity index (χ4v) is 3.50. The Bertz CT molecular complexity index is 950. The summed E-state index contributed by atoms with van der Waals surface area (Å²) in [7, 11) is 3.42. The van der Waals surface area contributed by atoms with Crippen LogP contribution in [0.1, 0.15) is 46.5 Å². The molecule has 1 aromatic carbocycles. The van der Waals surface area contributed by atoms with E-state index in [1.165, 1.54) is 18.5 Å². The van der Waals surface area contributed by atoms with Gasteiger partial charge in [0.1, 0.15) is 0 Å². The quantitative estimate of drug-likeness (QED) is 0.681. The van der Waals surface area contributed by atoms with Crippen molar-refractivity contribution in [1.82, 2.24) is 20.1 Å². The fraction of sp³-hybridized carbons (Fsp3) is 0.318. The number of amides is 1. The first-order valence-electron chi connectivity index (χ1n) is 9.49. The Labute approximate surface area is 164 Å². The van der Waals surface area contributed by atoms with E-state index >= 15 is 0 Å². The van der Waals surface area contributed by atoms with Gasteiger partial charge in [-0.1, -0.05) is 18.2 Å². The summed E-state index contributed by atoms with van der Waals surface area (Å²) in [5.74, 6) is 0.501. The molecule has 0 spiro atoms. The highest BCUT2D eigenvalue weighted by Crippen LogP contribution is 2.43. The number of methoxy groups -OCH3 is 1. The molecule has 1 aliphatic carbocycles. The van der Waals surface area contributed by atoms with Crippen molar-refractivity contribution in [1.29, 1.82) is 0 Å². The minimum absolute atomic E-state index is 0.0639. The number of rotatable bonds is 7. The van der Waals surface area contributed by atoms with Crippen LogP contribution < -0.4 is 0 Å². The maximum atomic E-state index is 13.2. The molecule has 6 nitrogen and oxygen atoms in total. The maximum absolute atomic E-state index is 13.2. The molecule has 144 valence electrons. The van der Waals surface area contributed by atoms with Crippen LogP contribution >= 0.6 is 0 Å². The van der Waals surface area contributed by atoms with E-state index in [0.29, 0.717) is 18.1 Å². The van der Waals surface area contributed by atoms with E-state index in [0.717, 1.165) is 16.8 Å². The van der Waals surface area contributed by atoms with Gasteiger partial charge in [0, 0.05) is 43.1 Å². The van der Waals surface area contributed by atoms with Crippen LogP contribution in [0.2, 0.25) is 0 Å². The van der Waals surface area contributed by atoms with Crippen molar-refractivity contribution in [2.75, 3.05) is 20.8 Å². The number of benzene rings is 1. The van der Waals surface area contributed by atoms with E-state index in [2.05, 4.69) is 15.2 Å². The van der Waals surface area contributed by atoms with Gasteiger partial charge >= 0.3 is 0 Å². The molecule has 1 atom stereocenters. The molecule has 28 heavy (non-hydrogen) atoms. The number of aromatic amines is 1. The zero-order chi connectivity index (χ0) is 19.5. The summed E-state index contributed by atoms with van der Waals surface area (Å²) in [5, 5.41) is 7.34. The zero-order valence-electron chi connectivity index (χ0n) is 16.1. The lowest BCUT2D eigenvalue weighted by Crippen LogP contribution is -2.34. The summed E-state index contributed by atoms with van der Waals surface area (Å²) < 4.78 is 5.35. The molecule has 1 saturated carbocycles. The molecule has 0 saturated heterocycles. The smallest absolute Gasteiger partial charge is 0.254 e. The Hall–Kier alpha value is -2.99. The van der Waals surface area contributed by atoms with E-state index in [1.807, 2.05) is 48.7 Å². The minimum atomic E-state index is -0.252. The summed E-state index contributed by atoms with van der Waals surface area (Å²) in [5.41, 5.74) is 4.71. The molecule has 4 rings (SSSR count). The third kappa shape index (κ3) is 3.68. The molecule has 1 amide bonds. The van der Waals surface area contributed by atoms with Crippen molar-refractivity contribution >= 4 is 5.91 Å². The first kappa shape index (κ1) is 18.4. The maximum Gasteiger partial charge on any atom is 0.254 e. The average Bonchev–Trinajstić information content (AvgIpc) is 3.48. The lowest BCUT2D eigenvalue weighted by molar-refractivity contribution is 0.0595. The Morgan fingerprint density at radius 3 is 2.86 bits per heavy atom. The zero-order valence-corrected chi connectivity index (χ0v) is 16.1. The number of H-pyrrole nitrogens is 1. The predicted octanol–water partition coefficient (Wildman–Crippen LogP) is 3.81. The van der Waals surface area contributed by atoms with Crippen molar-refractivity contribution < 1.29 is 9.53 Å². The van der Waals surface area contributed by atoms with E-state index < -0.39 is 0 Å². The van der Waals surface area contributed by atoms with Crippen LogP contribution in [-0.4, -0.2) is 46.8 Å². The molecule has 2 aromatic heterocycles. The monoisotopic (exact) mass is 376 g/mol. The lowest BCUT2D eigenvalue weighted by atomic mass is 10.0. The standard InChI is InChI=1S/C22H24N4O2/c1-26(20(14-28-2)19-8-3-4-11-23-19)22(27)17-7-5-6-16(12-17)18-13-24-25-21(18)15-9-10-15/h3-8,11-13,15,20H,9-10,14H2,1-2H3,(H,24,25). The van der Waals surface area contributed by atoms with E-state index in [9.17, 15) is 4.79 Å². The molecule has 2 heterocycles. The second-order valence-electron chi connectivity index (χ2n) is 7.19. The van der Waals surface area contributed by atoms with Crippen LogP contribution in [0.5, 0.6) is 0 Å². The number of pyridine rings is 1. The Morgan fingerprint density at radius 1 is 1.29 bits per heavy atom. The molecule has 1 N–H and O–H groups in total. The van der Waals surface area contributed by atoms with Crippen molar-refractivity contribution in [3.05, 3.63) is 71.8 Å². The minimum Gasteiger partial charge on any atom is -0.382 e. The molecule has 0 aliphatic heterocycles. The van der Waals surface area contributed by atoms with Gasteiger partial charge in [-0.3, -0.25) is 14.9 Å². The molecular formula is C22H24N4O2. The second-order valence-corrected chi connectivity index (χ2v) is 7.19. The molecule has 1 fully saturated rings. The van der Waals surface area contributed by atoms with Crippen LogP contribution in [0.3, 0.4) is 0 Å². The molecule has 0 radical (unpaired) electrons. The van der Waals surface area contributed by atoms with E-state index in [-0.39, 0.29) is 11.9 Å². The third-order valence-corrected chi connectivity index (χ3v) is 5.22. The van der Waals surface area contributed by atoms with Crippen LogP contribution in [-0.2, 0) is 4.74 Å². The number of carbonyl (C=O) groups excluding carboxylic acids is 1. The van der Waals surface area contributed by atoms with Crippen LogP contribution in [0, 0.1) is 0 Å². The fourth-order valence-electron chi connectivity index (χ4n) is 3.50. The summed E-state index contributed by atoms with van der Waals surface area (Å²) in [6.07, 6.45) is 5.97. The van der Waals surface area contributed by atoms with Crippen molar-refractivity contribution in [2.45, 2.75) is 24.8 Å². The highest BCUT2D eigenvalue weighted by Gasteiger charge is 2.29. The van der Waals surface area contributed by atoms with Gasteiger partial charge < -0.3 is 9.64 Å². The first-order chi connectivity index (χ1) is 13.7. The summed E-state index contributed by atoms with van der Waals surface area (Å²) in [6, 6.07) is 13.2. The van der Waals surface area contributed by atoms with Gasteiger partial charge in [0.15, 0.2) is 0 Å². The van der Waals surface area contributed by atoms with E-state index in [4.69, 9.17) is 4.74 Å². The van der Waals surface area contributed by atoms with Crippen LogP contribution in [0.25, 0.3) is 11.1 Å². The first-order valence-corrected chi connectivity index (χ1v) is 9.49. The number of hydrogen-bond donors (Lipinski definition) is 1. The molecule has 0 bridgehead atoms. The van der Waals surface area contributed by atoms with Crippen molar-refractivity contribution in [2.24, 2.45) is 0 Å². The average molecular weight is 376 g/mol. The summed E-state index contributed by atoms with van der Waals surface area (Å²) in [4.78, 5) is 19.3. The number of nitrogens with zero attached hydrogens (tertiary/aromatic N) is 3. The SMILES string of the molecule is COCC(c1ccccn1)N(C)C(=O)c1cccc(-c2cn[nH]c2C2CC2)c1. The number of carbonyl (C=O) groups is 1. The number of nitrogens with one attached hydrogen (secondary N) is 1. The topological polar surface area (TPSA) is 71.1 Å². The number of ether oxygens (including phenoxy) is 1. The van der Waals surface area contributed by atoms with Gasteiger partial charge in [-0.05, 0) is 42.7 Å². The summed E-state index contributed by atoms with van der Waals surface area (Å²) >= 11 is 0. The molecular weight excluding hydrogens is 352 g/mol. The van der Waals surface area contributed by atoms with Crippen molar-refractivity contribution in [3.63, 3.8) is 0 Å². The molecule has 1 unspecified atom stereocenters. The Kier molecular flexibility index (Phi) is 5.21. The number of hydrogen-bond acceptors (Lipinski definition) is 4. The second kappa shape index (κ2) is 7.94. The largest absolute Gasteiger partial charge is 0.382 e. The van der Waals surface area contributed by atoms with Gasteiger partial charge in [0.25, 0.3) is 5.91 Å². The molecule has 6 heteroatoms.